The summed E-state index contributed by atoms with van der Waals surface area (Å²) >= 11 is 0. The summed E-state index contributed by atoms with van der Waals surface area (Å²) in [5.74, 6) is 0.727. The topological polar surface area (TPSA) is 67.3 Å². The van der Waals surface area contributed by atoms with Crippen LogP contribution in [0, 0.1) is 0 Å². The Kier molecular flexibility index (Phi) is 4.71. The van der Waals surface area contributed by atoms with Crippen molar-refractivity contribution in [1.29, 1.82) is 0 Å². The molecule has 140 valence electrons. The Balaban J connectivity index is 1.49. The second kappa shape index (κ2) is 7.31. The highest BCUT2D eigenvalue weighted by atomic mass is 16.5. The number of carbonyl (C=O) groups excluding carboxylic acids is 1. The first-order valence-electron chi connectivity index (χ1n) is 9.38. The molecule has 1 saturated heterocycles. The van der Waals surface area contributed by atoms with Crippen molar-refractivity contribution in [3.8, 4) is 5.75 Å². The van der Waals surface area contributed by atoms with Crippen molar-refractivity contribution in [3.05, 3.63) is 64.6 Å². The van der Waals surface area contributed by atoms with Crippen LogP contribution in [-0.4, -0.2) is 40.1 Å². The van der Waals surface area contributed by atoms with Crippen LogP contribution in [0.4, 0.5) is 0 Å². The number of rotatable bonds is 4. The van der Waals surface area contributed by atoms with Crippen LogP contribution < -0.4 is 10.4 Å². The summed E-state index contributed by atoms with van der Waals surface area (Å²) in [5.41, 5.74) is 2.35. The molecule has 0 bridgehead atoms. The molecule has 0 saturated carbocycles. The van der Waals surface area contributed by atoms with Gasteiger partial charge in [0.1, 0.15) is 5.75 Å². The number of hydrogen-bond donors (Lipinski definition) is 1. The van der Waals surface area contributed by atoms with Crippen LogP contribution >= 0.6 is 0 Å². The molecule has 0 radical (unpaired) electrons. The first-order chi connectivity index (χ1) is 13.2. The second-order valence-corrected chi connectivity index (χ2v) is 6.80. The fourth-order valence-electron chi connectivity index (χ4n) is 3.83. The largest absolute Gasteiger partial charge is 0.494 e. The molecule has 6 heteroatoms. The number of imidazole rings is 1. The van der Waals surface area contributed by atoms with Gasteiger partial charge in [-0.15, -0.1) is 0 Å². The van der Waals surface area contributed by atoms with Crippen molar-refractivity contribution >= 4 is 16.9 Å². The maximum atomic E-state index is 12.8. The first-order valence-corrected chi connectivity index (χ1v) is 9.38. The summed E-state index contributed by atoms with van der Waals surface area (Å²) in [6, 6.07) is 15.2. The summed E-state index contributed by atoms with van der Waals surface area (Å²) in [6.45, 7) is 3.76. The van der Waals surface area contributed by atoms with E-state index in [4.69, 9.17) is 4.74 Å². The minimum Gasteiger partial charge on any atom is -0.494 e. The number of amides is 1. The number of ether oxygens (including phenoxy) is 1. The lowest BCUT2D eigenvalue weighted by molar-refractivity contribution is 0.0694. The number of likely N-dealkylation sites (tertiary alicyclic amines) is 1. The number of benzene rings is 2. The standard InChI is InChI=1S/C21H23N3O3/c1-2-27-17-7-5-6-15(14-17)20(25)23-12-10-16(11-13-23)24-19-9-4-3-8-18(19)22-21(24)26/h3-9,14,16H,2,10-13H2,1H3,(H,22,26). The fraction of sp³-hybridized carbons (Fsp3) is 0.333. The van der Waals surface area contributed by atoms with Gasteiger partial charge in [-0.2, -0.15) is 0 Å². The third-order valence-corrected chi connectivity index (χ3v) is 5.13. The van der Waals surface area contributed by atoms with Crippen molar-refractivity contribution in [3.63, 3.8) is 0 Å². The fourth-order valence-corrected chi connectivity index (χ4v) is 3.83. The maximum Gasteiger partial charge on any atom is 0.326 e. The predicted molar refractivity (Wildman–Crippen MR) is 104 cm³/mol. The molecule has 2 aromatic carbocycles. The van der Waals surface area contributed by atoms with Gasteiger partial charge < -0.3 is 14.6 Å². The number of carbonyl (C=O) groups is 1. The Morgan fingerprint density at radius 1 is 1.15 bits per heavy atom. The van der Waals surface area contributed by atoms with Crippen LogP contribution in [0.25, 0.3) is 11.0 Å². The van der Waals surface area contributed by atoms with Gasteiger partial charge >= 0.3 is 5.69 Å². The molecular formula is C21H23N3O3. The van der Waals surface area contributed by atoms with Gasteiger partial charge in [0.2, 0.25) is 0 Å². The van der Waals surface area contributed by atoms with Crippen LogP contribution in [0.3, 0.4) is 0 Å². The number of aromatic nitrogens is 2. The van der Waals surface area contributed by atoms with Gasteiger partial charge in [0.15, 0.2) is 0 Å². The molecule has 27 heavy (non-hydrogen) atoms. The molecule has 1 aliphatic heterocycles. The summed E-state index contributed by atoms with van der Waals surface area (Å²) < 4.78 is 7.33. The zero-order valence-corrected chi connectivity index (χ0v) is 15.4. The molecule has 1 fully saturated rings. The highest BCUT2D eigenvalue weighted by Gasteiger charge is 2.26. The van der Waals surface area contributed by atoms with Crippen molar-refractivity contribution in [1.82, 2.24) is 14.5 Å². The van der Waals surface area contributed by atoms with Crippen LogP contribution in [0.2, 0.25) is 0 Å². The van der Waals surface area contributed by atoms with Crippen LogP contribution in [0.15, 0.2) is 53.3 Å². The van der Waals surface area contributed by atoms with Crippen molar-refractivity contribution in [2.75, 3.05) is 19.7 Å². The third kappa shape index (κ3) is 3.35. The van der Waals surface area contributed by atoms with Crippen LogP contribution in [-0.2, 0) is 0 Å². The molecule has 4 rings (SSSR count). The number of piperidine rings is 1. The lowest BCUT2D eigenvalue weighted by Gasteiger charge is -2.32. The minimum atomic E-state index is -0.0783. The molecule has 0 spiro atoms. The van der Waals surface area contributed by atoms with E-state index in [0.717, 1.165) is 23.9 Å². The van der Waals surface area contributed by atoms with E-state index in [9.17, 15) is 9.59 Å². The highest BCUT2D eigenvalue weighted by Crippen LogP contribution is 2.26. The Labute approximate surface area is 157 Å². The number of H-pyrrole nitrogens is 1. The molecule has 1 aromatic heterocycles. The molecule has 6 nitrogen and oxygen atoms in total. The second-order valence-electron chi connectivity index (χ2n) is 6.80. The zero-order valence-electron chi connectivity index (χ0n) is 15.4. The molecule has 0 atom stereocenters. The quantitative estimate of drug-likeness (QED) is 0.772. The summed E-state index contributed by atoms with van der Waals surface area (Å²) in [4.78, 5) is 30.0. The average molecular weight is 365 g/mol. The normalized spacial score (nSPS) is 15.2. The zero-order chi connectivity index (χ0) is 18.8. The molecule has 3 aromatic rings. The van der Waals surface area contributed by atoms with Crippen molar-refractivity contribution in [2.24, 2.45) is 0 Å². The Morgan fingerprint density at radius 2 is 1.93 bits per heavy atom. The van der Waals surface area contributed by atoms with E-state index in [-0.39, 0.29) is 17.6 Å². The lowest BCUT2D eigenvalue weighted by Crippen LogP contribution is -2.40. The van der Waals surface area contributed by atoms with E-state index in [2.05, 4.69) is 4.98 Å². The van der Waals surface area contributed by atoms with Gasteiger partial charge in [-0.1, -0.05) is 18.2 Å². The van der Waals surface area contributed by atoms with Crippen LogP contribution in [0.5, 0.6) is 5.75 Å². The summed E-state index contributed by atoms with van der Waals surface area (Å²) in [7, 11) is 0. The number of aromatic amines is 1. The van der Waals surface area contributed by atoms with E-state index in [1.807, 2.05) is 58.9 Å². The average Bonchev–Trinajstić information content (AvgIpc) is 3.04. The van der Waals surface area contributed by atoms with Gasteiger partial charge in [0.25, 0.3) is 5.91 Å². The van der Waals surface area contributed by atoms with Gasteiger partial charge in [-0.25, -0.2) is 4.79 Å². The highest BCUT2D eigenvalue weighted by molar-refractivity contribution is 5.94. The number of fused-ring (bicyclic) bond motifs is 1. The Morgan fingerprint density at radius 3 is 2.70 bits per heavy atom. The first kappa shape index (κ1) is 17.4. The monoisotopic (exact) mass is 365 g/mol. The van der Waals surface area contributed by atoms with Crippen molar-refractivity contribution < 1.29 is 9.53 Å². The van der Waals surface area contributed by atoms with E-state index >= 15 is 0 Å². The number of hydrogen-bond acceptors (Lipinski definition) is 3. The van der Waals surface area contributed by atoms with E-state index < -0.39 is 0 Å². The summed E-state index contributed by atoms with van der Waals surface area (Å²) in [5, 5.41) is 0. The van der Waals surface area contributed by atoms with Gasteiger partial charge in [0, 0.05) is 24.7 Å². The van der Waals surface area contributed by atoms with Gasteiger partial charge in [0.05, 0.1) is 17.6 Å². The number of nitrogens with zero attached hydrogens (tertiary/aromatic N) is 2. The third-order valence-electron chi connectivity index (χ3n) is 5.13. The molecule has 0 aliphatic carbocycles. The SMILES string of the molecule is CCOc1cccc(C(=O)N2CCC(n3c(=O)[nH]c4ccccc43)CC2)c1. The number of para-hydroxylation sites is 2. The van der Waals surface area contributed by atoms with Crippen LogP contribution in [0.1, 0.15) is 36.2 Å². The molecule has 2 heterocycles. The molecule has 0 unspecified atom stereocenters. The molecule has 1 amide bonds. The molecular weight excluding hydrogens is 342 g/mol. The maximum absolute atomic E-state index is 12.8. The lowest BCUT2D eigenvalue weighted by atomic mass is 10.0. The predicted octanol–water partition coefficient (Wildman–Crippen LogP) is 3.21. The van der Waals surface area contributed by atoms with Gasteiger partial charge in [-0.05, 0) is 50.1 Å². The molecule has 1 aliphatic rings. The van der Waals surface area contributed by atoms with E-state index in [1.54, 1.807) is 6.07 Å². The number of nitrogens with one attached hydrogen (secondary N) is 1. The Bertz CT molecular complexity index is 1010. The molecule has 1 N–H and O–H groups in total. The minimum absolute atomic E-state index is 0.0151. The van der Waals surface area contributed by atoms with E-state index in [1.165, 1.54) is 0 Å². The van der Waals surface area contributed by atoms with Crippen molar-refractivity contribution in [2.45, 2.75) is 25.8 Å². The Hall–Kier alpha value is -3.02. The smallest absolute Gasteiger partial charge is 0.326 e. The summed E-state index contributed by atoms with van der Waals surface area (Å²) in [6.07, 6.45) is 1.53. The van der Waals surface area contributed by atoms with Gasteiger partial charge in [-0.3, -0.25) is 9.36 Å². The van der Waals surface area contributed by atoms with E-state index in [0.29, 0.717) is 31.0 Å².